The maximum absolute atomic E-state index is 13.4. The molecule has 27 heavy (non-hydrogen) atoms. The molecule has 0 spiro atoms. The first-order valence-corrected chi connectivity index (χ1v) is 8.81. The Morgan fingerprint density at radius 1 is 1.30 bits per heavy atom. The van der Waals surface area contributed by atoms with E-state index in [1.54, 1.807) is 7.05 Å². The highest BCUT2D eigenvalue weighted by Crippen LogP contribution is 2.24. The molecule has 1 aliphatic rings. The standard InChI is InChI=1S/C19H23F2N5O/c1-11-12(2)23-17(24-18(11)26-7-6-14(22)10-26)19(27)25(3)9-13-4-5-15(20)16(21)8-13/h4-5,8,14H,6-7,9-10,22H2,1-3H3/t14-/m1/s1. The molecule has 8 heteroatoms. The van der Waals surface area contributed by atoms with Crippen molar-refractivity contribution in [3.8, 4) is 0 Å². The molecule has 0 saturated carbocycles. The van der Waals surface area contributed by atoms with Crippen LogP contribution in [-0.2, 0) is 6.54 Å². The average Bonchev–Trinajstić information content (AvgIpc) is 3.06. The summed E-state index contributed by atoms with van der Waals surface area (Å²) < 4.78 is 26.5. The van der Waals surface area contributed by atoms with E-state index in [-0.39, 0.29) is 24.3 Å². The summed E-state index contributed by atoms with van der Waals surface area (Å²) in [6.45, 7) is 5.36. The summed E-state index contributed by atoms with van der Waals surface area (Å²) in [6.07, 6.45) is 0.877. The number of aromatic nitrogens is 2. The summed E-state index contributed by atoms with van der Waals surface area (Å²) in [5, 5.41) is 0. The van der Waals surface area contributed by atoms with Gasteiger partial charge in [-0.05, 0) is 38.0 Å². The van der Waals surface area contributed by atoms with Crippen molar-refractivity contribution in [2.45, 2.75) is 32.9 Å². The quantitative estimate of drug-likeness (QED) is 0.887. The Labute approximate surface area is 157 Å². The predicted octanol–water partition coefficient (Wildman–Crippen LogP) is 2.18. The summed E-state index contributed by atoms with van der Waals surface area (Å²) in [4.78, 5) is 25.0. The van der Waals surface area contributed by atoms with E-state index in [1.165, 1.54) is 11.0 Å². The fraction of sp³-hybridized carbons (Fsp3) is 0.421. The van der Waals surface area contributed by atoms with Crippen molar-refractivity contribution >= 4 is 11.7 Å². The highest BCUT2D eigenvalue weighted by atomic mass is 19.2. The second kappa shape index (κ2) is 7.56. The fourth-order valence-electron chi connectivity index (χ4n) is 3.15. The van der Waals surface area contributed by atoms with Gasteiger partial charge in [0.25, 0.3) is 5.91 Å². The Bertz CT molecular complexity index is 873. The van der Waals surface area contributed by atoms with E-state index >= 15 is 0 Å². The molecular weight excluding hydrogens is 352 g/mol. The SMILES string of the molecule is Cc1nc(C(=O)N(C)Cc2ccc(F)c(F)c2)nc(N2CC[C@@H](N)C2)c1C. The number of hydrogen-bond donors (Lipinski definition) is 1. The van der Waals surface area contributed by atoms with Crippen LogP contribution in [0.15, 0.2) is 18.2 Å². The predicted molar refractivity (Wildman–Crippen MR) is 98.5 cm³/mol. The number of carbonyl (C=O) groups is 1. The molecule has 2 aromatic rings. The third kappa shape index (κ3) is 4.05. The molecule has 3 rings (SSSR count). The first-order chi connectivity index (χ1) is 12.8. The number of nitrogens with zero attached hydrogens (tertiary/aromatic N) is 4. The molecule has 1 aromatic carbocycles. The van der Waals surface area contributed by atoms with Gasteiger partial charge in [0.1, 0.15) is 5.82 Å². The van der Waals surface area contributed by atoms with Crippen LogP contribution in [-0.4, -0.2) is 47.0 Å². The Balaban J connectivity index is 1.83. The van der Waals surface area contributed by atoms with Crippen LogP contribution < -0.4 is 10.6 Å². The van der Waals surface area contributed by atoms with E-state index in [2.05, 4.69) is 14.9 Å². The smallest absolute Gasteiger partial charge is 0.291 e. The van der Waals surface area contributed by atoms with Crippen LogP contribution in [0.4, 0.5) is 14.6 Å². The molecule has 1 fully saturated rings. The number of halogens is 2. The Hall–Kier alpha value is -2.61. The van der Waals surface area contributed by atoms with E-state index in [4.69, 9.17) is 5.73 Å². The van der Waals surface area contributed by atoms with Gasteiger partial charge in [0, 0.05) is 44.0 Å². The van der Waals surface area contributed by atoms with Gasteiger partial charge in [-0.25, -0.2) is 18.7 Å². The molecule has 1 aliphatic heterocycles. The zero-order chi connectivity index (χ0) is 19.7. The molecule has 2 N–H and O–H groups in total. The number of nitrogens with two attached hydrogens (primary N) is 1. The monoisotopic (exact) mass is 375 g/mol. The molecule has 1 saturated heterocycles. The summed E-state index contributed by atoms with van der Waals surface area (Å²) in [5.74, 6) is -1.44. The van der Waals surface area contributed by atoms with Gasteiger partial charge >= 0.3 is 0 Å². The summed E-state index contributed by atoms with van der Waals surface area (Å²) in [6, 6.07) is 3.66. The molecular formula is C19H23F2N5O. The van der Waals surface area contributed by atoms with Gasteiger partial charge < -0.3 is 15.5 Å². The number of anilines is 1. The van der Waals surface area contributed by atoms with Gasteiger partial charge in [-0.3, -0.25) is 4.79 Å². The van der Waals surface area contributed by atoms with Crippen molar-refractivity contribution in [2.24, 2.45) is 5.73 Å². The molecule has 0 unspecified atom stereocenters. The Kier molecular flexibility index (Phi) is 5.36. The minimum absolute atomic E-state index is 0.0821. The van der Waals surface area contributed by atoms with Crippen LogP contribution in [0.25, 0.3) is 0 Å². The molecule has 0 aliphatic carbocycles. The lowest BCUT2D eigenvalue weighted by atomic mass is 10.2. The van der Waals surface area contributed by atoms with E-state index in [0.29, 0.717) is 12.1 Å². The molecule has 1 atom stereocenters. The molecule has 1 aromatic heterocycles. The normalized spacial score (nSPS) is 16.7. The zero-order valence-corrected chi connectivity index (χ0v) is 15.7. The summed E-state index contributed by atoms with van der Waals surface area (Å²) in [5.41, 5.74) is 8.12. The molecule has 1 amide bonds. The van der Waals surface area contributed by atoms with Gasteiger partial charge in [0.15, 0.2) is 11.6 Å². The molecule has 0 radical (unpaired) electrons. The van der Waals surface area contributed by atoms with Crippen LogP contribution in [0.3, 0.4) is 0 Å². The molecule has 0 bridgehead atoms. The van der Waals surface area contributed by atoms with E-state index < -0.39 is 11.6 Å². The second-order valence-electron chi connectivity index (χ2n) is 6.99. The number of hydrogen-bond acceptors (Lipinski definition) is 5. The van der Waals surface area contributed by atoms with Gasteiger partial charge in [-0.1, -0.05) is 6.07 Å². The van der Waals surface area contributed by atoms with Crippen LogP contribution >= 0.6 is 0 Å². The Morgan fingerprint density at radius 2 is 2.04 bits per heavy atom. The molecule has 6 nitrogen and oxygen atoms in total. The number of rotatable bonds is 4. The first-order valence-electron chi connectivity index (χ1n) is 8.81. The minimum Gasteiger partial charge on any atom is -0.355 e. The third-order valence-electron chi connectivity index (χ3n) is 4.83. The van der Waals surface area contributed by atoms with Crippen molar-refractivity contribution in [2.75, 3.05) is 25.0 Å². The van der Waals surface area contributed by atoms with Crippen LogP contribution in [0, 0.1) is 25.5 Å². The average molecular weight is 375 g/mol. The largest absolute Gasteiger partial charge is 0.355 e. The van der Waals surface area contributed by atoms with Crippen molar-refractivity contribution in [3.63, 3.8) is 0 Å². The van der Waals surface area contributed by atoms with Crippen molar-refractivity contribution in [1.82, 2.24) is 14.9 Å². The van der Waals surface area contributed by atoms with Gasteiger partial charge in [0.2, 0.25) is 5.82 Å². The van der Waals surface area contributed by atoms with Crippen LogP contribution in [0.2, 0.25) is 0 Å². The van der Waals surface area contributed by atoms with Crippen molar-refractivity contribution in [1.29, 1.82) is 0 Å². The molecule has 144 valence electrons. The number of carbonyl (C=O) groups excluding carboxylic acids is 1. The van der Waals surface area contributed by atoms with Crippen molar-refractivity contribution in [3.05, 3.63) is 52.5 Å². The lowest BCUT2D eigenvalue weighted by Crippen LogP contribution is -2.31. The lowest BCUT2D eigenvalue weighted by molar-refractivity contribution is 0.0772. The number of aryl methyl sites for hydroxylation is 1. The van der Waals surface area contributed by atoms with E-state index in [0.717, 1.165) is 42.2 Å². The fourth-order valence-corrected chi connectivity index (χ4v) is 3.15. The summed E-state index contributed by atoms with van der Waals surface area (Å²) >= 11 is 0. The Morgan fingerprint density at radius 3 is 2.67 bits per heavy atom. The van der Waals surface area contributed by atoms with Gasteiger partial charge in [-0.2, -0.15) is 0 Å². The topological polar surface area (TPSA) is 75.4 Å². The highest BCUT2D eigenvalue weighted by Gasteiger charge is 2.25. The minimum atomic E-state index is -0.941. The maximum atomic E-state index is 13.4. The summed E-state index contributed by atoms with van der Waals surface area (Å²) in [7, 11) is 1.58. The zero-order valence-electron chi connectivity index (χ0n) is 15.7. The van der Waals surface area contributed by atoms with Crippen molar-refractivity contribution < 1.29 is 13.6 Å². The first kappa shape index (κ1) is 19.2. The number of benzene rings is 1. The van der Waals surface area contributed by atoms with Crippen LogP contribution in [0.5, 0.6) is 0 Å². The number of amides is 1. The third-order valence-corrected chi connectivity index (χ3v) is 4.83. The van der Waals surface area contributed by atoms with E-state index in [9.17, 15) is 13.6 Å². The van der Waals surface area contributed by atoms with Gasteiger partial charge in [0.05, 0.1) is 0 Å². The highest BCUT2D eigenvalue weighted by molar-refractivity contribution is 5.90. The lowest BCUT2D eigenvalue weighted by Gasteiger charge is -2.22. The maximum Gasteiger partial charge on any atom is 0.291 e. The van der Waals surface area contributed by atoms with E-state index in [1.807, 2.05) is 13.8 Å². The molecule has 2 heterocycles. The van der Waals surface area contributed by atoms with Gasteiger partial charge in [-0.15, -0.1) is 0 Å². The van der Waals surface area contributed by atoms with Crippen LogP contribution in [0.1, 0.15) is 33.9 Å². The second-order valence-corrected chi connectivity index (χ2v) is 6.99.